The van der Waals surface area contributed by atoms with Crippen LogP contribution in [-0.2, 0) is 16.0 Å². The predicted molar refractivity (Wildman–Crippen MR) is 88.2 cm³/mol. The number of likely N-dealkylation sites (tertiary alicyclic amines) is 1. The molecule has 7 heteroatoms. The molecule has 1 aromatic heterocycles. The van der Waals surface area contributed by atoms with Gasteiger partial charge in [-0.25, -0.2) is 4.98 Å². The van der Waals surface area contributed by atoms with Gasteiger partial charge in [-0.2, -0.15) is 0 Å². The van der Waals surface area contributed by atoms with Gasteiger partial charge in [-0.3, -0.25) is 9.59 Å². The molecule has 2 rings (SSSR count). The highest BCUT2D eigenvalue weighted by molar-refractivity contribution is 7.16. The van der Waals surface area contributed by atoms with Gasteiger partial charge in [0.2, 0.25) is 11.8 Å². The fourth-order valence-electron chi connectivity index (χ4n) is 2.62. The Morgan fingerprint density at radius 2 is 2.27 bits per heavy atom. The summed E-state index contributed by atoms with van der Waals surface area (Å²) in [5.74, 6) is 0.0734. The number of aryl methyl sites for hydroxylation is 1. The largest absolute Gasteiger partial charge is 0.355 e. The van der Waals surface area contributed by atoms with Crippen LogP contribution < -0.4 is 5.32 Å². The number of halogens is 1. The van der Waals surface area contributed by atoms with Crippen molar-refractivity contribution in [3.63, 3.8) is 0 Å². The molecule has 2 amide bonds. The number of hydrogen-bond acceptors (Lipinski definition) is 4. The first-order valence-corrected chi connectivity index (χ1v) is 8.88. The highest BCUT2D eigenvalue weighted by Gasteiger charge is 2.27. The van der Waals surface area contributed by atoms with Gasteiger partial charge < -0.3 is 10.2 Å². The number of carbonyl (C=O) groups is 2. The maximum atomic E-state index is 12.2. The lowest BCUT2D eigenvalue weighted by molar-refractivity contribution is -0.135. The Bertz CT molecular complexity index is 527. The maximum absolute atomic E-state index is 12.2. The summed E-state index contributed by atoms with van der Waals surface area (Å²) >= 11 is 7.44. The standard InChI is InChI=1S/C15H22ClN3O2S/c1-3-13(20)19-8-4-5-11(9-19)15(21)17-7-6-12-18-10(2)14(16)22-12/h11H,3-9H2,1-2H3,(H,17,21)/t11-/m0/s1. The number of piperidine rings is 1. The van der Waals surface area contributed by atoms with E-state index in [1.165, 1.54) is 11.3 Å². The van der Waals surface area contributed by atoms with Crippen molar-refractivity contribution in [3.8, 4) is 0 Å². The van der Waals surface area contributed by atoms with E-state index < -0.39 is 0 Å². The van der Waals surface area contributed by atoms with Gasteiger partial charge in [-0.1, -0.05) is 18.5 Å². The smallest absolute Gasteiger partial charge is 0.224 e. The van der Waals surface area contributed by atoms with E-state index in [1.807, 2.05) is 13.8 Å². The predicted octanol–water partition coefficient (Wildman–Crippen LogP) is 2.41. The molecule has 22 heavy (non-hydrogen) atoms. The first-order chi connectivity index (χ1) is 10.5. The van der Waals surface area contributed by atoms with Crippen LogP contribution in [0, 0.1) is 12.8 Å². The second kappa shape index (κ2) is 7.92. The maximum Gasteiger partial charge on any atom is 0.224 e. The van der Waals surface area contributed by atoms with Crippen LogP contribution in [0.3, 0.4) is 0 Å². The number of carbonyl (C=O) groups excluding carboxylic acids is 2. The Hall–Kier alpha value is -1.14. The Morgan fingerprint density at radius 3 is 2.91 bits per heavy atom. The van der Waals surface area contributed by atoms with Gasteiger partial charge in [0, 0.05) is 32.5 Å². The average Bonchev–Trinajstić information content (AvgIpc) is 2.84. The summed E-state index contributed by atoms with van der Waals surface area (Å²) in [6, 6.07) is 0. The molecule has 1 aliphatic heterocycles. The quantitative estimate of drug-likeness (QED) is 0.893. The number of thiazole rings is 1. The summed E-state index contributed by atoms with van der Waals surface area (Å²) < 4.78 is 0.710. The molecule has 0 aromatic carbocycles. The topological polar surface area (TPSA) is 62.3 Å². The molecule has 0 radical (unpaired) electrons. The second-order valence-corrected chi connectivity index (χ2v) is 7.23. The summed E-state index contributed by atoms with van der Waals surface area (Å²) in [5, 5.41) is 3.89. The zero-order chi connectivity index (χ0) is 16.1. The zero-order valence-electron chi connectivity index (χ0n) is 13.0. The molecule has 1 saturated heterocycles. The second-order valence-electron chi connectivity index (χ2n) is 5.54. The Labute approximate surface area is 140 Å². The van der Waals surface area contributed by atoms with E-state index in [1.54, 1.807) is 4.90 Å². The van der Waals surface area contributed by atoms with E-state index in [-0.39, 0.29) is 17.7 Å². The first-order valence-electron chi connectivity index (χ1n) is 7.68. The van der Waals surface area contributed by atoms with Crippen molar-refractivity contribution in [3.05, 3.63) is 15.0 Å². The van der Waals surface area contributed by atoms with Crippen LogP contribution in [0.15, 0.2) is 0 Å². The number of hydrogen-bond donors (Lipinski definition) is 1. The molecule has 1 fully saturated rings. The number of aromatic nitrogens is 1. The monoisotopic (exact) mass is 343 g/mol. The third-order valence-corrected chi connectivity index (χ3v) is 5.38. The molecule has 122 valence electrons. The first kappa shape index (κ1) is 17.2. The van der Waals surface area contributed by atoms with Gasteiger partial charge in [0.25, 0.3) is 0 Å². The summed E-state index contributed by atoms with van der Waals surface area (Å²) in [6.45, 7) is 5.60. The van der Waals surface area contributed by atoms with Crippen molar-refractivity contribution in [1.82, 2.24) is 15.2 Å². The summed E-state index contributed by atoms with van der Waals surface area (Å²) in [4.78, 5) is 30.1. The minimum atomic E-state index is -0.0918. The van der Waals surface area contributed by atoms with Gasteiger partial charge in [0.1, 0.15) is 4.34 Å². The molecule has 1 N–H and O–H groups in total. The van der Waals surface area contributed by atoms with Crippen LogP contribution in [0.4, 0.5) is 0 Å². The van der Waals surface area contributed by atoms with E-state index in [9.17, 15) is 9.59 Å². The molecule has 0 bridgehead atoms. The van der Waals surface area contributed by atoms with Crippen LogP contribution in [0.5, 0.6) is 0 Å². The lowest BCUT2D eigenvalue weighted by Crippen LogP contribution is -2.45. The van der Waals surface area contributed by atoms with Crippen molar-refractivity contribution in [2.24, 2.45) is 5.92 Å². The molecule has 1 aliphatic rings. The van der Waals surface area contributed by atoms with Crippen molar-refractivity contribution in [2.45, 2.75) is 39.5 Å². The van der Waals surface area contributed by atoms with E-state index in [0.29, 0.717) is 30.3 Å². The average molecular weight is 344 g/mol. The molecular weight excluding hydrogens is 322 g/mol. The van der Waals surface area contributed by atoms with E-state index in [2.05, 4.69) is 10.3 Å². The normalized spacial score (nSPS) is 18.3. The summed E-state index contributed by atoms with van der Waals surface area (Å²) in [7, 11) is 0. The van der Waals surface area contributed by atoms with Crippen LogP contribution in [0.25, 0.3) is 0 Å². The van der Waals surface area contributed by atoms with Crippen LogP contribution in [0.2, 0.25) is 4.34 Å². The Morgan fingerprint density at radius 1 is 1.50 bits per heavy atom. The minimum absolute atomic E-state index is 0.0352. The van der Waals surface area contributed by atoms with Crippen molar-refractivity contribution in [2.75, 3.05) is 19.6 Å². The summed E-state index contributed by atoms with van der Waals surface area (Å²) in [5.41, 5.74) is 0.842. The minimum Gasteiger partial charge on any atom is -0.355 e. The van der Waals surface area contributed by atoms with E-state index in [4.69, 9.17) is 11.6 Å². The van der Waals surface area contributed by atoms with Gasteiger partial charge >= 0.3 is 0 Å². The third kappa shape index (κ3) is 4.43. The molecule has 0 spiro atoms. The molecule has 0 unspecified atom stereocenters. The molecule has 5 nitrogen and oxygen atoms in total. The van der Waals surface area contributed by atoms with E-state index >= 15 is 0 Å². The lowest BCUT2D eigenvalue weighted by atomic mass is 9.97. The highest BCUT2D eigenvalue weighted by atomic mass is 35.5. The lowest BCUT2D eigenvalue weighted by Gasteiger charge is -2.31. The van der Waals surface area contributed by atoms with Crippen molar-refractivity contribution in [1.29, 1.82) is 0 Å². The van der Waals surface area contributed by atoms with E-state index in [0.717, 1.165) is 30.1 Å². The van der Waals surface area contributed by atoms with Gasteiger partial charge in [0.15, 0.2) is 0 Å². The van der Waals surface area contributed by atoms with Crippen molar-refractivity contribution >= 4 is 34.8 Å². The third-order valence-electron chi connectivity index (χ3n) is 3.87. The van der Waals surface area contributed by atoms with Gasteiger partial charge in [-0.05, 0) is 19.8 Å². The molecule has 1 aromatic rings. The fraction of sp³-hybridized carbons (Fsp3) is 0.667. The number of nitrogens with zero attached hydrogens (tertiary/aromatic N) is 2. The summed E-state index contributed by atoms with van der Waals surface area (Å²) in [6.07, 6.45) is 2.93. The van der Waals surface area contributed by atoms with Crippen LogP contribution in [-0.4, -0.2) is 41.3 Å². The fourth-order valence-corrected chi connectivity index (χ4v) is 3.71. The highest BCUT2D eigenvalue weighted by Crippen LogP contribution is 2.23. The molecule has 2 heterocycles. The molecular formula is C15H22ClN3O2S. The number of nitrogens with one attached hydrogen (secondary N) is 1. The van der Waals surface area contributed by atoms with Crippen LogP contribution in [0.1, 0.15) is 36.9 Å². The zero-order valence-corrected chi connectivity index (χ0v) is 14.6. The van der Waals surface area contributed by atoms with Gasteiger partial charge in [0.05, 0.1) is 16.6 Å². The molecule has 0 aliphatic carbocycles. The van der Waals surface area contributed by atoms with Crippen molar-refractivity contribution < 1.29 is 9.59 Å². The number of rotatable bonds is 5. The SMILES string of the molecule is CCC(=O)N1CCC[C@H](C(=O)NCCc2nc(C)c(Cl)s2)C1. The Balaban J connectivity index is 1.78. The van der Waals surface area contributed by atoms with Crippen LogP contribution >= 0.6 is 22.9 Å². The molecule has 0 saturated carbocycles. The molecule has 1 atom stereocenters. The number of amides is 2. The Kier molecular flexibility index (Phi) is 6.20. The van der Waals surface area contributed by atoms with Gasteiger partial charge in [-0.15, -0.1) is 11.3 Å².